The van der Waals surface area contributed by atoms with Gasteiger partial charge in [0.05, 0.1) is 58.0 Å². The highest BCUT2D eigenvalue weighted by Gasteiger charge is 2.53. The topological polar surface area (TPSA) is 223 Å². The molecule has 4 aromatic carbocycles. The number of carbonyl (C=O) groups excluding carboxylic acids is 4. The summed E-state index contributed by atoms with van der Waals surface area (Å²) in [5.74, 6) is -1.46. The number of aryl methyl sites for hydroxylation is 2. The van der Waals surface area contributed by atoms with E-state index in [4.69, 9.17) is 42.8 Å². The average Bonchev–Trinajstić information content (AvgIpc) is 1.66. The van der Waals surface area contributed by atoms with Crippen LogP contribution in [0, 0.1) is 0 Å². The number of aliphatic hydroxyl groups excluding tert-OH is 1. The molecule has 0 amide bonds. The van der Waals surface area contributed by atoms with Crippen LogP contribution in [0.2, 0.25) is 68.5 Å². The number of pyridine rings is 4. The molecule has 8 aromatic rings. The molecule has 4 aromatic heterocycles. The molecule has 510 valence electrons. The first-order valence-electron chi connectivity index (χ1n) is 34.4. The van der Waals surface area contributed by atoms with Crippen LogP contribution in [0.3, 0.4) is 0 Å². The van der Waals surface area contributed by atoms with Crippen molar-refractivity contribution in [2.45, 2.75) is 192 Å². The van der Waals surface area contributed by atoms with Gasteiger partial charge in [0.15, 0.2) is 8.32 Å². The summed E-state index contributed by atoms with van der Waals surface area (Å²) in [4.78, 5) is 91.4. The second-order valence-corrected chi connectivity index (χ2v) is 43.0. The van der Waals surface area contributed by atoms with Gasteiger partial charge >= 0.3 is 24.2 Å². The second kappa shape index (κ2) is 29.4. The molecule has 4 aliphatic heterocycles. The lowest BCUT2D eigenvalue weighted by atomic mass is 9.85. The standard InChI is InChI=1S/C41H52N2O7Si2.C35H38N2O7Si/c1-7-41(50-40(46)48-27-29-17-12-11-13-18-29)34-25-36-37-32(26-43(36)38(44)33(34)28-47-39(41)45)30(31-19-14-15-20-35(31)42-37)21-24-51(5,6)23-16-22-49-52(8-2,9-3)10-4;1-4-35(44-34(41)43-21-23-11-6-5-7-12-23)28-19-30-31-26(20-37(30)32(39)27(28)22-42-33(35)40)24(15-18-45(2,3)17-10-16-38)25-13-8-9-14-29(25)36-31/h11-15,17-20,25H,7-10,16,21-24,26-28H2,1-6H3;5-9,11-14,19,38H,4,10,15-18,20-22H2,1-3H3/t41-;35-/m00/s1. The Kier molecular flexibility index (Phi) is 21.2. The summed E-state index contributed by atoms with van der Waals surface area (Å²) in [6.07, 6.45) is 1.72. The molecule has 0 radical (unpaired) electrons. The van der Waals surface area contributed by atoms with Gasteiger partial charge in [-0.05, 0) is 103 Å². The third kappa shape index (κ3) is 14.2. The maximum absolute atomic E-state index is 14.3. The lowest BCUT2D eigenvalue weighted by Gasteiger charge is -2.35. The number of para-hydroxylation sites is 2. The average molecular weight is 1370 g/mol. The lowest BCUT2D eigenvalue weighted by molar-refractivity contribution is -0.176. The van der Waals surface area contributed by atoms with Gasteiger partial charge in [-0.3, -0.25) is 9.59 Å². The number of aliphatic hydroxyl groups is 1. The van der Waals surface area contributed by atoms with Crippen molar-refractivity contribution in [2.75, 3.05) is 13.2 Å². The number of esters is 2. The van der Waals surface area contributed by atoms with Crippen LogP contribution in [0.15, 0.2) is 131 Å². The first-order chi connectivity index (χ1) is 46.7. The number of carbonyl (C=O) groups is 4. The maximum atomic E-state index is 14.3. The Morgan fingerprint density at radius 2 is 0.938 bits per heavy atom. The summed E-state index contributed by atoms with van der Waals surface area (Å²) in [5.41, 5.74) is 7.34. The van der Waals surface area contributed by atoms with Gasteiger partial charge in [0.1, 0.15) is 26.4 Å². The molecule has 0 spiro atoms. The van der Waals surface area contributed by atoms with E-state index in [9.17, 15) is 33.9 Å². The Bertz CT molecular complexity index is 4390. The molecular weight excluding hydrogens is 1280 g/mol. The Labute approximate surface area is 569 Å². The Morgan fingerprint density at radius 1 is 0.536 bits per heavy atom. The van der Waals surface area contributed by atoms with Crippen molar-refractivity contribution in [3.8, 4) is 22.8 Å². The lowest BCUT2D eigenvalue weighted by Crippen LogP contribution is -2.47. The molecule has 8 heterocycles. The monoisotopic (exact) mass is 1370 g/mol. The first kappa shape index (κ1) is 70.0. The number of rotatable bonds is 25. The fourth-order valence-corrected chi connectivity index (χ4v) is 21.8. The van der Waals surface area contributed by atoms with Crippen LogP contribution in [-0.4, -0.2) is 86.1 Å². The van der Waals surface area contributed by atoms with E-state index in [0.717, 1.165) is 100 Å². The van der Waals surface area contributed by atoms with Gasteiger partial charge in [0, 0.05) is 62.4 Å². The second-order valence-electron chi connectivity index (χ2n) is 27.6. The number of fused-ring (bicyclic) bond motifs is 10. The molecule has 21 heteroatoms. The molecule has 0 saturated carbocycles. The van der Waals surface area contributed by atoms with E-state index in [1.165, 1.54) is 35.3 Å². The summed E-state index contributed by atoms with van der Waals surface area (Å²) in [5, 5.41) is 11.6. The highest BCUT2D eigenvalue weighted by Crippen LogP contribution is 2.45. The summed E-state index contributed by atoms with van der Waals surface area (Å²) < 4.78 is 43.4. The summed E-state index contributed by atoms with van der Waals surface area (Å²) in [6.45, 7) is 21.3. The Morgan fingerprint density at radius 3 is 1.34 bits per heavy atom. The Balaban J connectivity index is 0.000000199. The number of ether oxygens (including phenoxy) is 6. The fraction of sp³-hybridized carbons (Fsp3) is 0.421. The van der Waals surface area contributed by atoms with Crippen LogP contribution < -0.4 is 11.1 Å². The third-order valence-electron chi connectivity index (χ3n) is 20.7. The first-order valence-corrected chi connectivity index (χ1v) is 43.8. The smallest absolute Gasteiger partial charge is 0.457 e. The van der Waals surface area contributed by atoms with Gasteiger partial charge in [0.25, 0.3) is 11.1 Å². The van der Waals surface area contributed by atoms with Crippen molar-refractivity contribution in [2.24, 2.45) is 0 Å². The number of nitrogens with zero attached hydrogens (tertiary/aromatic N) is 4. The van der Waals surface area contributed by atoms with E-state index in [1.54, 1.807) is 29.0 Å². The van der Waals surface area contributed by atoms with Gasteiger partial charge in [-0.2, -0.15) is 0 Å². The largest absolute Gasteiger partial charge is 0.510 e. The summed E-state index contributed by atoms with van der Waals surface area (Å²) in [6, 6.07) is 46.1. The van der Waals surface area contributed by atoms with Crippen LogP contribution >= 0.6 is 0 Å². The van der Waals surface area contributed by atoms with Gasteiger partial charge in [-0.25, -0.2) is 29.1 Å². The van der Waals surface area contributed by atoms with Crippen LogP contribution in [0.4, 0.5) is 9.59 Å². The van der Waals surface area contributed by atoms with E-state index in [1.807, 2.05) is 103 Å². The number of hydrogen-bond donors (Lipinski definition) is 1. The van der Waals surface area contributed by atoms with Crippen LogP contribution in [0.1, 0.15) is 116 Å². The van der Waals surface area contributed by atoms with Gasteiger partial charge < -0.3 is 47.1 Å². The zero-order chi connectivity index (χ0) is 68.9. The molecule has 4 aliphatic rings. The molecule has 1 N–H and O–H groups in total. The quantitative estimate of drug-likeness (QED) is 0.0243. The minimum Gasteiger partial charge on any atom is -0.457 e. The number of cyclic esters (lactones) is 2. The van der Waals surface area contributed by atoms with Crippen molar-refractivity contribution >= 4 is 70.5 Å². The SMILES string of the molecule is CC[C@@]1(OC(=O)OCc2ccccc2)C(=O)OCc2c1cc1n(c2=O)Cc2c-1nc1ccccc1c2CC[Si](C)(C)CCCO.CC[C@@]1(OC(=O)OCc2ccccc2)C(=O)OCc2c1cc1n(c2=O)Cc2c-1nc1ccccc1c2CC[Si](C)(C)CCCO[Si](CC)(CC)CC. The number of hydrogen-bond acceptors (Lipinski definition) is 16. The van der Waals surface area contributed by atoms with E-state index in [-0.39, 0.29) is 62.6 Å². The van der Waals surface area contributed by atoms with Crippen molar-refractivity contribution in [1.82, 2.24) is 19.1 Å². The molecule has 0 aliphatic carbocycles. The Hall–Kier alpha value is -8.35. The van der Waals surface area contributed by atoms with Crippen LogP contribution in [-0.2, 0) is 106 Å². The van der Waals surface area contributed by atoms with E-state index < -0.39 is 59.9 Å². The maximum Gasteiger partial charge on any atom is 0.510 e. The molecular formula is C76H90N4O14Si3. The molecule has 0 fully saturated rings. The van der Waals surface area contributed by atoms with E-state index >= 15 is 0 Å². The van der Waals surface area contributed by atoms with Crippen molar-refractivity contribution in [1.29, 1.82) is 0 Å². The predicted octanol–water partition coefficient (Wildman–Crippen LogP) is 15.2. The van der Waals surface area contributed by atoms with Crippen LogP contribution in [0.5, 0.6) is 0 Å². The minimum atomic E-state index is -1.83. The fourth-order valence-electron chi connectivity index (χ4n) is 14.5. The molecule has 12 rings (SSSR count). The molecule has 0 unspecified atom stereocenters. The summed E-state index contributed by atoms with van der Waals surface area (Å²) >= 11 is 0. The van der Waals surface area contributed by atoms with Crippen molar-refractivity contribution in [3.63, 3.8) is 0 Å². The van der Waals surface area contributed by atoms with Crippen molar-refractivity contribution < 1.29 is 57.1 Å². The highest BCUT2D eigenvalue weighted by molar-refractivity contribution is 6.78. The zero-order valence-electron chi connectivity index (χ0n) is 57.4. The van der Waals surface area contributed by atoms with Gasteiger partial charge in [-0.15, -0.1) is 0 Å². The van der Waals surface area contributed by atoms with Crippen LogP contribution in [0.25, 0.3) is 44.6 Å². The van der Waals surface area contributed by atoms with Crippen molar-refractivity contribution in [3.05, 3.63) is 198 Å². The van der Waals surface area contributed by atoms with E-state index in [0.29, 0.717) is 46.9 Å². The molecule has 18 nitrogen and oxygen atoms in total. The minimum absolute atomic E-state index is 0.0202. The predicted molar refractivity (Wildman–Crippen MR) is 381 cm³/mol. The third-order valence-corrected chi connectivity index (χ3v) is 32.0. The molecule has 0 bridgehead atoms. The zero-order valence-corrected chi connectivity index (χ0v) is 60.4. The summed E-state index contributed by atoms with van der Waals surface area (Å²) in [7, 11) is -4.76. The van der Waals surface area contributed by atoms with Gasteiger partial charge in [-0.1, -0.05) is 182 Å². The highest BCUT2D eigenvalue weighted by atomic mass is 28.4. The molecule has 97 heavy (non-hydrogen) atoms. The molecule has 2 atom stereocenters. The molecule has 0 saturated heterocycles. The van der Waals surface area contributed by atoms with Gasteiger partial charge in [0.2, 0.25) is 11.2 Å². The van der Waals surface area contributed by atoms with E-state index in [2.05, 4.69) is 59.1 Å². The normalized spacial score (nSPS) is 16.8. The number of benzene rings is 4. The number of aromatic nitrogens is 4.